The molecule has 0 amide bonds. The molecule has 3 heteroatoms. The van der Waals surface area contributed by atoms with Gasteiger partial charge in [-0.05, 0) is 24.3 Å². The van der Waals surface area contributed by atoms with Gasteiger partial charge in [0, 0.05) is 18.4 Å². The van der Waals surface area contributed by atoms with E-state index in [0.717, 1.165) is 30.9 Å². The molecule has 0 aliphatic rings. The first kappa shape index (κ1) is 13.7. The molecule has 0 spiro atoms. The fourth-order valence-corrected chi connectivity index (χ4v) is 1.56. The fourth-order valence-electron chi connectivity index (χ4n) is 1.56. The zero-order valence-corrected chi connectivity index (χ0v) is 11.0. The Bertz CT molecular complexity index is 344. The van der Waals surface area contributed by atoms with Crippen LogP contribution in [-0.2, 0) is 0 Å². The number of hydrogen-bond donors (Lipinski definition) is 1. The van der Waals surface area contributed by atoms with Gasteiger partial charge in [-0.1, -0.05) is 6.92 Å². The highest BCUT2D eigenvalue weighted by molar-refractivity contribution is 5.95. The first-order valence-corrected chi connectivity index (χ1v) is 6.18. The summed E-state index contributed by atoms with van der Waals surface area (Å²) >= 11 is 0. The van der Waals surface area contributed by atoms with Crippen LogP contribution in [0.2, 0.25) is 0 Å². The Morgan fingerprint density at radius 3 is 2.41 bits per heavy atom. The van der Waals surface area contributed by atoms with Gasteiger partial charge in [0.2, 0.25) is 0 Å². The van der Waals surface area contributed by atoms with Crippen molar-refractivity contribution in [1.29, 1.82) is 0 Å². The zero-order chi connectivity index (χ0) is 12.7. The van der Waals surface area contributed by atoms with Crippen molar-refractivity contribution in [3.63, 3.8) is 0 Å². The van der Waals surface area contributed by atoms with Gasteiger partial charge < -0.3 is 9.64 Å². The van der Waals surface area contributed by atoms with Gasteiger partial charge in [0.1, 0.15) is 5.75 Å². The molecule has 0 atom stereocenters. The largest absolute Gasteiger partial charge is 0.493 e. The lowest BCUT2D eigenvalue weighted by Gasteiger charge is -2.09. The number of carbonyl (C=O) groups excluding carboxylic acids is 1. The summed E-state index contributed by atoms with van der Waals surface area (Å²) in [6.45, 7) is 3.70. The molecule has 0 bridgehead atoms. The van der Waals surface area contributed by atoms with Gasteiger partial charge in [-0.2, -0.15) is 0 Å². The molecule has 3 nitrogen and oxygen atoms in total. The monoisotopic (exact) mass is 236 g/mol. The van der Waals surface area contributed by atoms with Crippen molar-refractivity contribution < 1.29 is 14.4 Å². The third-order valence-electron chi connectivity index (χ3n) is 2.59. The summed E-state index contributed by atoms with van der Waals surface area (Å²) in [5.74, 6) is 1.01. The number of benzene rings is 1. The minimum absolute atomic E-state index is 0.174. The molecule has 1 rings (SSSR count). The van der Waals surface area contributed by atoms with Crippen LogP contribution >= 0.6 is 0 Å². The van der Waals surface area contributed by atoms with Crippen molar-refractivity contribution in [2.75, 3.05) is 27.2 Å². The summed E-state index contributed by atoms with van der Waals surface area (Å²) in [6.07, 6.45) is 1.59. The number of ketones is 1. The van der Waals surface area contributed by atoms with Crippen LogP contribution in [0.25, 0.3) is 0 Å². The van der Waals surface area contributed by atoms with E-state index in [1.807, 2.05) is 31.2 Å². The molecule has 0 radical (unpaired) electrons. The van der Waals surface area contributed by atoms with Crippen molar-refractivity contribution in [3.8, 4) is 5.75 Å². The first-order chi connectivity index (χ1) is 8.13. The van der Waals surface area contributed by atoms with Crippen LogP contribution in [-0.4, -0.2) is 33.0 Å². The molecule has 1 aromatic carbocycles. The molecule has 0 aliphatic heterocycles. The molecule has 0 aromatic heterocycles. The van der Waals surface area contributed by atoms with Gasteiger partial charge in [-0.3, -0.25) is 4.79 Å². The van der Waals surface area contributed by atoms with Crippen LogP contribution in [0.4, 0.5) is 0 Å². The number of carbonyl (C=O) groups is 1. The van der Waals surface area contributed by atoms with Crippen LogP contribution in [0.5, 0.6) is 5.75 Å². The van der Waals surface area contributed by atoms with Gasteiger partial charge >= 0.3 is 0 Å². The second-order valence-electron chi connectivity index (χ2n) is 4.46. The molecule has 1 aromatic rings. The second kappa shape index (κ2) is 7.07. The average Bonchev–Trinajstić information content (AvgIpc) is 2.34. The first-order valence-electron chi connectivity index (χ1n) is 6.18. The SMILES string of the molecule is CCC(=O)c1ccc(OCCC[NH+](C)C)cc1. The smallest absolute Gasteiger partial charge is 0.162 e. The van der Waals surface area contributed by atoms with Gasteiger partial charge in [0.05, 0.1) is 27.2 Å². The lowest BCUT2D eigenvalue weighted by Crippen LogP contribution is -3.05. The highest BCUT2D eigenvalue weighted by Gasteiger charge is 2.02. The van der Waals surface area contributed by atoms with Crippen molar-refractivity contribution in [2.24, 2.45) is 0 Å². The predicted molar refractivity (Wildman–Crippen MR) is 68.9 cm³/mol. The van der Waals surface area contributed by atoms with E-state index in [1.165, 1.54) is 4.90 Å². The van der Waals surface area contributed by atoms with Crippen LogP contribution in [0.1, 0.15) is 30.1 Å². The summed E-state index contributed by atoms with van der Waals surface area (Å²) in [4.78, 5) is 12.8. The summed E-state index contributed by atoms with van der Waals surface area (Å²) < 4.78 is 5.60. The van der Waals surface area contributed by atoms with Gasteiger partial charge in [-0.25, -0.2) is 0 Å². The molecular weight excluding hydrogens is 214 g/mol. The van der Waals surface area contributed by atoms with Gasteiger partial charge in [-0.15, -0.1) is 0 Å². The standard InChI is InChI=1S/C14H21NO2/c1-4-14(16)12-6-8-13(9-7-12)17-11-5-10-15(2)3/h6-9H,4-5,10-11H2,1-3H3/p+1. The Morgan fingerprint density at radius 2 is 1.88 bits per heavy atom. The summed E-state index contributed by atoms with van der Waals surface area (Å²) in [5.41, 5.74) is 0.762. The van der Waals surface area contributed by atoms with E-state index in [4.69, 9.17) is 4.74 Å². The lowest BCUT2D eigenvalue weighted by atomic mass is 10.1. The third-order valence-corrected chi connectivity index (χ3v) is 2.59. The number of ether oxygens (including phenoxy) is 1. The second-order valence-corrected chi connectivity index (χ2v) is 4.46. The van der Waals surface area contributed by atoms with Crippen molar-refractivity contribution in [2.45, 2.75) is 19.8 Å². The topological polar surface area (TPSA) is 30.7 Å². The predicted octanol–water partition coefficient (Wildman–Crippen LogP) is 1.19. The number of hydrogen-bond acceptors (Lipinski definition) is 2. The molecule has 1 N–H and O–H groups in total. The van der Waals surface area contributed by atoms with E-state index in [-0.39, 0.29) is 5.78 Å². The quantitative estimate of drug-likeness (QED) is 0.569. The highest BCUT2D eigenvalue weighted by Crippen LogP contribution is 2.13. The van der Waals surface area contributed by atoms with Crippen molar-refractivity contribution in [3.05, 3.63) is 29.8 Å². The Hall–Kier alpha value is -1.35. The normalized spacial score (nSPS) is 10.6. The Kier molecular flexibility index (Phi) is 5.70. The fraction of sp³-hybridized carbons (Fsp3) is 0.500. The Balaban J connectivity index is 2.38. The maximum absolute atomic E-state index is 11.4. The third kappa shape index (κ3) is 5.00. The van der Waals surface area contributed by atoms with Crippen LogP contribution in [0.15, 0.2) is 24.3 Å². The van der Waals surface area contributed by atoms with Crippen LogP contribution < -0.4 is 9.64 Å². The minimum atomic E-state index is 0.174. The van der Waals surface area contributed by atoms with E-state index in [1.54, 1.807) is 0 Å². The van der Waals surface area contributed by atoms with Gasteiger partial charge in [0.25, 0.3) is 0 Å². The molecule has 17 heavy (non-hydrogen) atoms. The number of nitrogens with one attached hydrogen (secondary N) is 1. The van der Waals surface area contributed by atoms with Crippen molar-refractivity contribution in [1.82, 2.24) is 0 Å². The summed E-state index contributed by atoms with van der Waals surface area (Å²) in [7, 11) is 4.26. The van der Waals surface area contributed by atoms with Crippen molar-refractivity contribution >= 4 is 5.78 Å². The molecule has 0 heterocycles. The molecule has 94 valence electrons. The highest BCUT2D eigenvalue weighted by atomic mass is 16.5. The number of rotatable bonds is 7. The lowest BCUT2D eigenvalue weighted by molar-refractivity contribution is -0.858. The zero-order valence-electron chi connectivity index (χ0n) is 11.0. The van der Waals surface area contributed by atoms with E-state index in [2.05, 4.69) is 14.1 Å². The average molecular weight is 236 g/mol. The summed E-state index contributed by atoms with van der Waals surface area (Å²) in [6, 6.07) is 7.40. The van der Waals surface area contributed by atoms with Crippen LogP contribution in [0.3, 0.4) is 0 Å². The molecular formula is C14H22NO2+. The number of quaternary nitrogens is 1. The molecule has 0 aliphatic carbocycles. The van der Waals surface area contributed by atoms with E-state index in [9.17, 15) is 4.79 Å². The maximum atomic E-state index is 11.4. The molecule has 0 saturated carbocycles. The van der Waals surface area contributed by atoms with Crippen LogP contribution in [0, 0.1) is 0 Å². The van der Waals surface area contributed by atoms with E-state index >= 15 is 0 Å². The maximum Gasteiger partial charge on any atom is 0.162 e. The molecule has 0 unspecified atom stereocenters. The molecule has 0 saturated heterocycles. The minimum Gasteiger partial charge on any atom is -0.493 e. The van der Waals surface area contributed by atoms with E-state index in [0.29, 0.717) is 6.42 Å². The van der Waals surface area contributed by atoms with E-state index < -0.39 is 0 Å². The van der Waals surface area contributed by atoms with Gasteiger partial charge in [0.15, 0.2) is 5.78 Å². The summed E-state index contributed by atoms with van der Waals surface area (Å²) in [5, 5.41) is 0. The Morgan fingerprint density at radius 1 is 1.24 bits per heavy atom. The molecule has 0 fully saturated rings. The Labute approximate surface area is 103 Å². The number of Topliss-reactive ketones (excluding diaryl/α,β-unsaturated/α-hetero) is 1.